The molecule has 0 atom stereocenters. The van der Waals surface area contributed by atoms with Crippen LogP contribution in [0.3, 0.4) is 0 Å². The summed E-state index contributed by atoms with van der Waals surface area (Å²) in [5.74, 6) is 0.119. The third-order valence-electron chi connectivity index (χ3n) is 3.82. The number of H-pyrrole nitrogens is 1. The number of benzene rings is 1. The quantitative estimate of drug-likeness (QED) is 0.602. The minimum atomic E-state index is -0.179. The zero-order valence-corrected chi connectivity index (χ0v) is 13.7. The number of aromatic nitrogens is 4. The lowest BCUT2D eigenvalue weighted by atomic mass is 10.0. The number of hydrogen-bond acceptors (Lipinski definition) is 6. The standard InChI is InChI=1S/C18H15N7O/c19-9-13(17-15(10-20)18(21)25(24-17)6-7-26)8-14-11-22-23-16(14)12-4-2-1-3-5-12/h1-5,8,11,26H,6-7,21H2,(H,22,23)/b13-8+. The topological polar surface area (TPSA) is 140 Å². The van der Waals surface area contributed by atoms with E-state index in [1.807, 2.05) is 36.4 Å². The number of anilines is 1. The number of aromatic amines is 1. The number of nitrogens with zero attached hydrogens (tertiary/aromatic N) is 5. The number of nitrogens with one attached hydrogen (secondary N) is 1. The van der Waals surface area contributed by atoms with E-state index in [0.717, 1.165) is 11.3 Å². The van der Waals surface area contributed by atoms with Gasteiger partial charge in [-0.1, -0.05) is 30.3 Å². The molecule has 8 nitrogen and oxygen atoms in total. The number of nitrogens with two attached hydrogens (primary N) is 1. The second-order valence-electron chi connectivity index (χ2n) is 5.40. The Morgan fingerprint density at radius 3 is 2.73 bits per heavy atom. The van der Waals surface area contributed by atoms with Crippen LogP contribution < -0.4 is 5.73 Å². The van der Waals surface area contributed by atoms with Crippen LogP contribution in [0.5, 0.6) is 0 Å². The Hall–Kier alpha value is -3.88. The molecule has 3 rings (SSSR count). The molecule has 3 aromatic rings. The van der Waals surface area contributed by atoms with Gasteiger partial charge < -0.3 is 10.8 Å². The van der Waals surface area contributed by atoms with E-state index in [4.69, 9.17) is 10.8 Å². The van der Waals surface area contributed by atoms with Crippen molar-refractivity contribution < 1.29 is 5.11 Å². The van der Waals surface area contributed by atoms with Gasteiger partial charge in [0.2, 0.25) is 0 Å². The molecule has 8 heteroatoms. The van der Waals surface area contributed by atoms with E-state index < -0.39 is 0 Å². The molecule has 2 aromatic heterocycles. The summed E-state index contributed by atoms with van der Waals surface area (Å²) < 4.78 is 1.31. The van der Waals surface area contributed by atoms with Crippen molar-refractivity contribution in [3.8, 4) is 23.4 Å². The largest absolute Gasteiger partial charge is 0.394 e. The SMILES string of the molecule is N#C/C(=C\c1cn[nH]c1-c1ccccc1)c1nn(CCO)c(N)c1C#N. The molecule has 0 radical (unpaired) electrons. The third kappa shape index (κ3) is 3.05. The molecule has 0 aliphatic rings. The second-order valence-corrected chi connectivity index (χ2v) is 5.40. The van der Waals surface area contributed by atoms with E-state index >= 15 is 0 Å². The minimum Gasteiger partial charge on any atom is -0.394 e. The maximum Gasteiger partial charge on any atom is 0.140 e. The van der Waals surface area contributed by atoms with Crippen molar-refractivity contribution in [2.45, 2.75) is 6.54 Å². The van der Waals surface area contributed by atoms with Gasteiger partial charge in [-0.25, -0.2) is 4.68 Å². The van der Waals surface area contributed by atoms with Gasteiger partial charge in [0.1, 0.15) is 29.2 Å². The number of allylic oxidation sites excluding steroid dienone is 1. The van der Waals surface area contributed by atoms with Gasteiger partial charge >= 0.3 is 0 Å². The minimum absolute atomic E-state index is 0.107. The summed E-state index contributed by atoms with van der Waals surface area (Å²) in [6.45, 7) is -0.0398. The van der Waals surface area contributed by atoms with Gasteiger partial charge in [0, 0.05) is 11.1 Å². The summed E-state index contributed by atoms with van der Waals surface area (Å²) in [6, 6.07) is 13.6. The Labute approximate surface area is 149 Å². The molecule has 0 unspecified atom stereocenters. The van der Waals surface area contributed by atoms with Crippen LogP contribution in [0.25, 0.3) is 22.9 Å². The number of nitrogen functional groups attached to an aromatic ring is 1. The van der Waals surface area contributed by atoms with Crippen LogP contribution in [-0.2, 0) is 6.54 Å². The van der Waals surface area contributed by atoms with Crippen LogP contribution in [0.4, 0.5) is 5.82 Å². The number of rotatable bonds is 5. The molecule has 26 heavy (non-hydrogen) atoms. The lowest BCUT2D eigenvalue weighted by Crippen LogP contribution is -2.07. The van der Waals surface area contributed by atoms with Gasteiger partial charge in [-0.3, -0.25) is 5.10 Å². The van der Waals surface area contributed by atoms with E-state index in [1.165, 1.54) is 4.68 Å². The Morgan fingerprint density at radius 1 is 1.31 bits per heavy atom. The molecule has 0 saturated carbocycles. The highest BCUT2D eigenvalue weighted by Crippen LogP contribution is 2.28. The van der Waals surface area contributed by atoms with Crippen LogP contribution in [0.2, 0.25) is 0 Å². The Morgan fingerprint density at radius 2 is 2.08 bits per heavy atom. The molecule has 0 saturated heterocycles. The van der Waals surface area contributed by atoms with E-state index in [-0.39, 0.29) is 35.8 Å². The molecule has 0 aliphatic carbocycles. The van der Waals surface area contributed by atoms with Crippen LogP contribution >= 0.6 is 0 Å². The van der Waals surface area contributed by atoms with E-state index in [2.05, 4.69) is 21.4 Å². The predicted octanol–water partition coefficient (Wildman–Crippen LogP) is 1.78. The summed E-state index contributed by atoms with van der Waals surface area (Å²) in [5, 5.41) is 39.2. The number of aliphatic hydroxyl groups excluding tert-OH is 1. The van der Waals surface area contributed by atoms with E-state index in [1.54, 1.807) is 12.3 Å². The summed E-state index contributed by atoms with van der Waals surface area (Å²) in [5.41, 5.74) is 8.72. The first-order chi connectivity index (χ1) is 12.7. The van der Waals surface area contributed by atoms with Gasteiger partial charge in [-0.05, 0) is 6.08 Å². The fraction of sp³-hybridized carbons (Fsp3) is 0.111. The lowest BCUT2D eigenvalue weighted by Gasteiger charge is -2.00. The second kappa shape index (κ2) is 7.34. The average Bonchev–Trinajstić information content (AvgIpc) is 3.25. The van der Waals surface area contributed by atoms with Crippen molar-refractivity contribution >= 4 is 17.5 Å². The molecule has 0 fully saturated rings. The van der Waals surface area contributed by atoms with Crippen LogP contribution in [0.1, 0.15) is 16.8 Å². The molecule has 1 aromatic carbocycles. The summed E-state index contributed by atoms with van der Waals surface area (Å²) in [4.78, 5) is 0. The van der Waals surface area contributed by atoms with E-state index in [9.17, 15) is 10.5 Å². The van der Waals surface area contributed by atoms with Crippen molar-refractivity contribution in [2.75, 3.05) is 12.3 Å². The predicted molar refractivity (Wildman–Crippen MR) is 95.9 cm³/mol. The zero-order chi connectivity index (χ0) is 18.5. The molecule has 128 valence electrons. The Bertz CT molecular complexity index is 1030. The van der Waals surface area contributed by atoms with Gasteiger partial charge in [0.15, 0.2) is 0 Å². The molecular weight excluding hydrogens is 330 g/mol. The number of hydrogen-bond donors (Lipinski definition) is 3. The normalized spacial score (nSPS) is 11.1. The van der Waals surface area contributed by atoms with Gasteiger partial charge in [-0.2, -0.15) is 20.7 Å². The summed E-state index contributed by atoms with van der Waals surface area (Å²) in [7, 11) is 0. The van der Waals surface area contributed by atoms with Crippen LogP contribution in [0.15, 0.2) is 36.5 Å². The summed E-state index contributed by atoms with van der Waals surface area (Å²) in [6.07, 6.45) is 3.21. The maximum absolute atomic E-state index is 9.59. The highest BCUT2D eigenvalue weighted by molar-refractivity contribution is 5.93. The van der Waals surface area contributed by atoms with Crippen LogP contribution in [-0.4, -0.2) is 31.7 Å². The van der Waals surface area contributed by atoms with Crippen molar-refractivity contribution in [3.05, 3.63) is 53.3 Å². The fourth-order valence-electron chi connectivity index (χ4n) is 2.59. The molecule has 0 spiro atoms. The van der Waals surface area contributed by atoms with Crippen molar-refractivity contribution in [1.82, 2.24) is 20.0 Å². The van der Waals surface area contributed by atoms with Gasteiger partial charge in [0.05, 0.1) is 30.6 Å². The zero-order valence-electron chi connectivity index (χ0n) is 13.7. The lowest BCUT2D eigenvalue weighted by molar-refractivity contribution is 0.270. The van der Waals surface area contributed by atoms with E-state index in [0.29, 0.717) is 5.56 Å². The first kappa shape index (κ1) is 17.0. The first-order valence-electron chi connectivity index (χ1n) is 7.77. The molecule has 2 heterocycles. The Kier molecular flexibility index (Phi) is 4.79. The highest BCUT2D eigenvalue weighted by atomic mass is 16.3. The molecule has 0 bridgehead atoms. The average molecular weight is 345 g/mol. The van der Waals surface area contributed by atoms with Gasteiger partial charge in [-0.15, -0.1) is 0 Å². The van der Waals surface area contributed by atoms with Crippen molar-refractivity contribution in [1.29, 1.82) is 10.5 Å². The molecular formula is C18H15N7O. The summed E-state index contributed by atoms with van der Waals surface area (Å²) >= 11 is 0. The third-order valence-corrected chi connectivity index (χ3v) is 3.82. The van der Waals surface area contributed by atoms with Gasteiger partial charge in [0.25, 0.3) is 0 Å². The highest BCUT2D eigenvalue weighted by Gasteiger charge is 2.19. The number of nitriles is 2. The van der Waals surface area contributed by atoms with Crippen molar-refractivity contribution in [2.24, 2.45) is 0 Å². The van der Waals surface area contributed by atoms with Crippen LogP contribution in [0, 0.1) is 22.7 Å². The monoisotopic (exact) mass is 345 g/mol. The molecule has 4 N–H and O–H groups in total. The fourth-order valence-corrected chi connectivity index (χ4v) is 2.59. The Balaban J connectivity index is 2.10. The first-order valence-corrected chi connectivity index (χ1v) is 7.77. The smallest absolute Gasteiger partial charge is 0.140 e. The molecule has 0 aliphatic heterocycles. The number of aliphatic hydroxyl groups is 1. The maximum atomic E-state index is 9.59. The molecule has 0 amide bonds. The van der Waals surface area contributed by atoms with Crippen molar-refractivity contribution in [3.63, 3.8) is 0 Å².